The molecule has 0 aliphatic heterocycles. The molecule has 34 heavy (non-hydrogen) atoms. The topological polar surface area (TPSA) is 86.1 Å². The Morgan fingerprint density at radius 3 is 2.59 bits per heavy atom. The molecule has 0 radical (unpaired) electrons. The lowest BCUT2D eigenvalue weighted by atomic mass is 9.96. The highest BCUT2D eigenvalue weighted by Gasteiger charge is 2.26. The maximum absolute atomic E-state index is 12.9. The maximum Gasteiger partial charge on any atom is 0.341 e. The molecule has 1 N–H and O–H groups in total. The Morgan fingerprint density at radius 2 is 1.88 bits per heavy atom. The van der Waals surface area contributed by atoms with Crippen LogP contribution in [0.4, 0.5) is 5.00 Å². The number of benzene rings is 1. The molecule has 0 unspecified atom stereocenters. The third-order valence-corrected chi connectivity index (χ3v) is 8.48. The van der Waals surface area contributed by atoms with Crippen LogP contribution in [0.25, 0.3) is 11.4 Å². The molecule has 10 heteroatoms. The van der Waals surface area contributed by atoms with Crippen LogP contribution in [0.3, 0.4) is 0 Å². The summed E-state index contributed by atoms with van der Waals surface area (Å²) in [5.74, 6) is 0.372. The molecular weight excluding hydrogens is 536 g/mol. The van der Waals surface area contributed by atoms with Gasteiger partial charge in [0.2, 0.25) is 5.91 Å². The van der Waals surface area contributed by atoms with E-state index in [-0.39, 0.29) is 17.6 Å². The fraction of sp³-hybridized carbons (Fsp3) is 0.417. The second kappa shape index (κ2) is 11.5. The largest absolute Gasteiger partial charge is 0.465 e. The number of aromatic nitrogens is 3. The second-order valence-corrected chi connectivity index (χ2v) is 11.0. The van der Waals surface area contributed by atoms with Crippen LogP contribution in [0.5, 0.6) is 0 Å². The third kappa shape index (κ3) is 5.55. The summed E-state index contributed by atoms with van der Waals surface area (Å²) in [6, 6.07) is 7.90. The second-order valence-electron chi connectivity index (χ2n) is 8.01. The van der Waals surface area contributed by atoms with Crippen molar-refractivity contribution in [3.05, 3.63) is 44.7 Å². The number of methoxy groups -OCH3 is 1. The molecule has 0 fully saturated rings. The number of nitrogens with one attached hydrogen (secondary N) is 1. The zero-order valence-electron chi connectivity index (χ0n) is 19.2. The van der Waals surface area contributed by atoms with Gasteiger partial charge in [-0.25, -0.2) is 4.79 Å². The van der Waals surface area contributed by atoms with Crippen molar-refractivity contribution in [2.75, 3.05) is 18.2 Å². The summed E-state index contributed by atoms with van der Waals surface area (Å²) in [4.78, 5) is 26.6. The van der Waals surface area contributed by atoms with Gasteiger partial charge in [-0.2, -0.15) is 0 Å². The van der Waals surface area contributed by atoms with Crippen LogP contribution in [0.2, 0.25) is 0 Å². The molecule has 2 aromatic heterocycles. The molecule has 0 saturated carbocycles. The van der Waals surface area contributed by atoms with Crippen molar-refractivity contribution in [3.63, 3.8) is 0 Å². The van der Waals surface area contributed by atoms with E-state index in [0.29, 0.717) is 22.3 Å². The van der Waals surface area contributed by atoms with Crippen LogP contribution < -0.4 is 5.32 Å². The van der Waals surface area contributed by atoms with E-state index in [4.69, 9.17) is 4.74 Å². The first-order chi connectivity index (χ1) is 16.5. The van der Waals surface area contributed by atoms with Crippen LogP contribution in [0, 0.1) is 0 Å². The van der Waals surface area contributed by atoms with Gasteiger partial charge in [0.15, 0.2) is 11.0 Å². The van der Waals surface area contributed by atoms with Crippen molar-refractivity contribution in [1.82, 2.24) is 14.8 Å². The van der Waals surface area contributed by atoms with Crippen LogP contribution in [0.1, 0.15) is 53.4 Å². The lowest BCUT2D eigenvalue weighted by molar-refractivity contribution is -0.113. The monoisotopic (exact) mass is 562 g/mol. The Balaban J connectivity index is 1.49. The number of esters is 1. The standard InChI is InChI=1S/C24H27BrN4O3S2/c1-3-29-21(15-10-12-16(25)13-11-15)27-28-24(29)33-14-19(30)26-22-20(23(31)32-2)17-8-6-4-5-7-9-18(17)34-22/h10-13H,3-9,14H2,1-2H3,(H,26,30). The molecule has 2 heterocycles. The lowest BCUT2D eigenvalue weighted by Gasteiger charge is -2.11. The molecule has 3 aromatic rings. The van der Waals surface area contributed by atoms with Gasteiger partial charge in [-0.15, -0.1) is 21.5 Å². The van der Waals surface area contributed by atoms with Gasteiger partial charge in [-0.05, 0) is 50.3 Å². The molecule has 0 spiro atoms. The Bertz CT molecular complexity index is 1170. The van der Waals surface area contributed by atoms with Gasteiger partial charge in [0, 0.05) is 21.5 Å². The molecule has 4 rings (SSSR count). The Morgan fingerprint density at radius 1 is 1.15 bits per heavy atom. The Hall–Kier alpha value is -2.17. The number of carbonyl (C=O) groups excluding carboxylic acids is 2. The molecule has 0 bridgehead atoms. The molecule has 0 saturated heterocycles. The summed E-state index contributed by atoms with van der Waals surface area (Å²) >= 11 is 6.30. The first-order valence-corrected chi connectivity index (χ1v) is 14.0. The minimum atomic E-state index is -0.383. The van der Waals surface area contributed by atoms with Gasteiger partial charge in [-0.3, -0.25) is 4.79 Å². The van der Waals surface area contributed by atoms with E-state index in [2.05, 4.69) is 31.4 Å². The lowest BCUT2D eigenvalue weighted by Crippen LogP contribution is -2.17. The van der Waals surface area contributed by atoms with Crippen molar-refractivity contribution in [2.45, 2.75) is 57.1 Å². The number of amides is 1. The predicted octanol–water partition coefficient (Wildman–Crippen LogP) is 5.97. The van der Waals surface area contributed by atoms with E-state index in [1.54, 1.807) is 0 Å². The first kappa shape index (κ1) is 24.9. The fourth-order valence-electron chi connectivity index (χ4n) is 4.11. The maximum atomic E-state index is 12.9. The van der Waals surface area contributed by atoms with E-state index in [1.165, 1.54) is 41.5 Å². The number of halogens is 1. The number of hydrogen-bond acceptors (Lipinski definition) is 7. The highest BCUT2D eigenvalue weighted by Crippen LogP contribution is 2.37. The van der Waals surface area contributed by atoms with Gasteiger partial charge < -0.3 is 14.6 Å². The van der Waals surface area contributed by atoms with Gasteiger partial charge in [0.1, 0.15) is 5.00 Å². The number of hydrogen-bond donors (Lipinski definition) is 1. The minimum Gasteiger partial charge on any atom is -0.465 e. The van der Waals surface area contributed by atoms with Crippen molar-refractivity contribution in [3.8, 4) is 11.4 Å². The number of carbonyl (C=O) groups is 2. The number of rotatable bonds is 7. The summed E-state index contributed by atoms with van der Waals surface area (Å²) < 4.78 is 8.05. The molecule has 1 aliphatic carbocycles. The van der Waals surface area contributed by atoms with Crippen molar-refractivity contribution >= 4 is 55.9 Å². The van der Waals surface area contributed by atoms with Crippen LogP contribution in [-0.4, -0.2) is 39.5 Å². The van der Waals surface area contributed by atoms with Crippen molar-refractivity contribution < 1.29 is 14.3 Å². The number of anilines is 1. The average Bonchev–Trinajstić information content (AvgIpc) is 3.38. The van der Waals surface area contributed by atoms with Gasteiger partial charge in [0.05, 0.1) is 18.4 Å². The molecule has 1 amide bonds. The molecule has 1 aliphatic rings. The summed E-state index contributed by atoms with van der Waals surface area (Å²) in [6.45, 7) is 2.71. The molecule has 7 nitrogen and oxygen atoms in total. The highest BCUT2D eigenvalue weighted by molar-refractivity contribution is 9.10. The number of ether oxygens (including phenoxy) is 1. The number of thioether (sulfide) groups is 1. The fourth-order valence-corrected chi connectivity index (χ4v) is 6.47. The molecular formula is C24H27BrN4O3S2. The van der Waals surface area contributed by atoms with E-state index in [0.717, 1.165) is 53.5 Å². The van der Waals surface area contributed by atoms with Gasteiger partial charge in [-0.1, -0.05) is 52.7 Å². The van der Waals surface area contributed by atoms with Crippen LogP contribution in [0.15, 0.2) is 33.9 Å². The third-order valence-electron chi connectivity index (χ3n) is 5.78. The number of aryl methyl sites for hydroxylation is 1. The molecule has 180 valence electrons. The Kier molecular flexibility index (Phi) is 8.44. The minimum absolute atomic E-state index is 0.168. The normalized spacial score (nSPS) is 13.6. The van der Waals surface area contributed by atoms with E-state index >= 15 is 0 Å². The van der Waals surface area contributed by atoms with E-state index < -0.39 is 0 Å². The summed E-state index contributed by atoms with van der Waals surface area (Å²) in [7, 11) is 1.39. The smallest absolute Gasteiger partial charge is 0.341 e. The summed E-state index contributed by atoms with van der Waals surface area (Å²) in [6.07, 6.45) is 6.29. The van der Waals surface area contributed by atoms with Gasteiger partial charge in [0.25, 0.3) is 0 Å². The molecule has 1 aromatic carbocycles. The average molecular weight is 564 g/mol. The summed E-state index contributed by atoms with van der Waals surface area (Å²) in [5.41, 5.74) is 2.54. The highest BCUT2D eigenvalue weighted by atomic mass is 79.9. The number of thiophene rings is 1. The Labute approximate surface area is 215 Å². The SMILES string of the molecule is CCn1c(SCC(=O)Nc2sc3c(c2C(=O)OC)CCCCCC3)nnc1-c1ccc(Br)cc1. The predicted molar refractivity (Wildman–Crippen MR) is 140 cm³/mol. The first-order valence-electron chi connectivity index (χ1n) is 11.4. The molecule has 0 atom stereocenters. The van der Waals surface area contributed by atoms with Crippen LogP contribution >= 0.6 is 39.0 Å². The van der Waals surface area contributed by atoms with Crippen LogP contribution in [-0.2, 0) is 28.9 Å². The zero-order chi connectivity index (χ0) is 24.1. The quantitative estimate of drug-likeness (QED) is 0.282. The van der Waals surface area contributed by atoms with Gasteiger partial charge >= 0.3 is 5.97 Å². The van der Waals surface area contributed by atoms with Crippen molar-refractivity contribution in [1.29, 1.82) is 0 Å². The van der Waals surface area contributed by atoms with E-state index in [1.807, 2.05) is 35.8 Å². The van der Waals surface area contributed by atoms with E-state index in [9.17, 15) is 9.59 Å². The van der Waals surface area contributed by atoms with Crippen molar-refractivity contribution in [2.24, 2.45) is 0 Å². The number of fused-ring (bicyclic) bond motifs is 1. The summed E-state index contributed by atoms with van der Waals surface area (Å²) in [5, 5.41) is 12.9. The zero-order valence-corrected chi connectivity index (χ0v) is 22.4. The number of nitrogens with zero attached hydrogens (tertiary/aromatic N) is 3.